The van der Waals surface area contributed by atoms with E-state index in [2.05, 4.69) is 6.92 Å². The molecule has 104 valence electrons. The van der Waals surface area contributed by atoms with Crippen LogP contribution in [0.15, 0.2) is 54.6 Å². The molecule has 0 heterocycles. The van der Waals surface area contributed by atoms with E-state index in [0.29, 0.717) is 5.75 Å². The third-order valence-corrected chi connectivity index (χ3v) is 3.25. The Morgan fingerprint density at radius 2 is 1.75 bits per heavy atom. The molecule has 0 fully saturated rings. The number of ether oxygens (including phenoxy) is 1. The molecule has 1 atom stereocenters. The van der Waals surface area contributed by atoms with E-state index in [9.17, 15) is 9.90 Å². The summed E-state index contributed by atoms with van der Waals surface area (Å²) in [7, 11) is 0. The van der Waals surface area contributed by atoms with Gasteiger partial charge in [-0.05, 0) is 29.7 Å². The minimum Gasteiger partial charge on any atom is -0.492 e. The van der Waals surface area contributed by atoms with E-state index >= 15 is 0 Å². The summed E-state index contributed by atoms with van der Waals surface area (Å²) in [6, 6.07) is 16.9. The van der Waals surface area contributed by atoms with Crippen LogP contribution in [0.2, 0.25) is 0 Å². The van der Waals surface area contributed by atoms with Crippen LogP contribution >= 0.6 is 0 Å². The summed E-state index contributed by atoms with van der Waals surface area (Å²) in [6.07, 6.45) is 0.974. The van der Waals surface area contributed by atoms with Crippen molar-refractivity contribution in [3.63, 3.8) is 0 Å². The van der Waals surface area contributed by atoms with Crippen molar-refractivity contribution in [3.05, 3.63) is 65.7 Å². The van der Waals surface area contributed by atoms with Gasteiger partial charge in [0.05, 0.1) is 0 Å². The van der Waals surface area contributed by atoms with Crippen molar-refractivity contribution >= 4 is 5.97 Å². The van der Waals surface area contributed by atoms with Gasteiger partial charge in [0, 0.05) is 0 Å². The Bertz CT molecular complexity index is 546. The monoisotopic (exact) mass is 270 g/mol. The van der Waals surface area contributed by atoms with Crippen molar-refractivity contribution in [2.24, 2.45) is 0 Å². The van der Waals surface area contributed by atoms with Gasteiger partial charge in [0.2, 0.25) is 0 Å². The first-order valence-electron chi connectivity index (χ1n) is 6.70. The van der Waals surface area contributed by atoms with E-state index in [1.165, 1.54) is 5.56 Å². The number of aryl methyl sites for hydroxylation is 1. The zero-order chi connectivity index (χ0) is 14.4. The summed E-state index contributed by atoms with van der Waals surface area (Å²) in [5.41, 5.74) is 1.99. The number of hydrogen-bond donors (Lipinski definition) is 1. The summed E-state index contributed by atoms with van der Waals surface area (Å²) < 4.78 is 5.60. The zero-order valence-electron chi connectivity index (χ0n) is 11.5. The molecule has 3 heteroatoms. The predicted molar refractivity (Wildman–Crippen MR) is 78.1 cm³/mol. The molecule has 3 nitrogen and oxygen atoms in total. The van der Waals surface area contributed by atoms with Crippen LogP contribution in [-0.4, -0.2) is 17.7 Å². The minimum absolute atomic E-state index is 0.130. The first-order chi connectivity index (χ1) is 9.70. The molecule has 0 aromatic heterocycles. The Hall–Kier alpha value is -2.29. The zero-order valence-corrected chi connectivity index (χ0v) is 11.5. The van der Waals surface area contributed by atoms with Crippen LogP contribution in [0.5, 0.6) is 5.75 Å². The molecule has 0 aliphatic heterocycles. The normalized spacial score (nSPS) is 11.8. The van der Waals surface area contributed by atoms with Crippen molar-refractivity contribution in [1.29, 1.82) is 0 Å². The summed E-state index contributed by atoms with van der Waals surface area (Å²) in [5, 5.41) is 9.31. The molecule has 0 saturated heterocycles. The second-order valence-corrected chi connectivity index (χ2v) is 4.61. The van der Waals surface area contributed by atoms with E-state index in [1.54, 1.807) is 0 Å². The Labute approximate surface area is 118 Å². The van der Waals surface area contributed by atoms with Crippen molar-refractivity contribution in [3.8, 4) is 5.75 Å². The highest BCUT2D eigenvalue weighted by molar-refractivity contribution is 5.76. The minimum atomic E-state index is -0.874. The molecule has 0 bridgehead atoms. The van der Waals surface area contributed by atoms with Gasteiger partial charge in [-0.1, -0.05) is 49.4 Å². The maximum atomic E-state index is 11.3. The molecule has 0 aliphatic rings. The molecule has 0 spiro atoms. The SMILES string of the molecule is CCc1ccc(OCC(C(=O)O)c2ccccc2)cc1. The fraction of sp³-hybridized carbons (Fsp3) is 0.235. The number of benzene rings is 2. The summed E-state index contributed by atoms with van der Waals surface area (Å²) in [5.74, 6) is -0.826. The number of carboxylic acids is 1. The third-order valence-electron chi connectivity index (χ3n) is 3.25. The summed E-state index contributed by atoms with van der Waals surface area (Å²) in [6.45, 7) is 2.22. The van der Waals surface area contributed by atoms with Crippen molar-refractivity contribution < 1.29 is 14.6 Å². The van der Waals surface area contributed by atoms with Crippen LogP contribution in [0.1, 0.15) is 24.0 Å². The van der Waals surface area contributed by atoms with Crippen LogP contribution < -0.4 is 4.74 Å². The highest BCUT2D eigenvalue weighted by atomic mass is 16.5. The van der Waals surface area contributed by atoms with E-state index in [1.807, 2.05) is 54.6 Å². The fourth-order valence-corrected chi connectivity index (χ4v) is 2.00. The van der Waals surface area contributed by atoms with Crippen molar-refractivity contribution in [2.75, 3.05) is 6.61 Å². The molecule has 2 aromatic carbocycles. The molecule has 2 rings (SSSR count). The smallest absolute Gasteiger partial charge is 0.314 e. The number of hydrogen-bond acceptors (Lipinski definition) is 2. The first-order valence-corrected chi connectivity index (χ1v) is 6.70. The molecule has 1 N–H and O–H groups in total. The molecule has 1 unspecified atom stereocenters. The number of aliphatic carboxylic acids is 1. The van der Waals surface area contributed by atoms with E-state index in [0.717, 1.165) is 12.0 Å². The van der Waals surface area contributed by atoms with Crippen molar-refractivity contribution in [2.45, 2.75) is 19.3 Å². The molecule has 0 amide bonds. The van der Waals surface area contributed by atoms with E-state index in [-0.39, 0.29) is 6.61 Å². The van der Waals surface area contributed by atoms with Crippen LogP contribution in [0, 0.1) is 0 Å². The predicted octanol–water partition coefficient (Wildman–Crippen LogP) is 3.50. The topological polar surface area (TPSA) is 46.5 Å². The maximum Gasteiger partial charge on any atom is 0.314 e. The lowest BCUT2D eigenvalue weighted by Crippen LogP contribution is -2.19. The first kappa shape index (κ1) is 14.1. The largest absolute Gasteiger partial charge is 0.492 e. The van der Waals surface area contributed by atoms with E-state index < -0.39 is 11.9 Å². The Balaban J connectivity index is 2.04. The fourth-order valence-electron chi connectivity index (χ4n) is 2.00. The quantitative estimate of drug-likeness (QED) is 0.874. The van der Waals surface area contributed by atoms with Gasteiger partial charge < -0.3 is 9.84 Å². The van der Waals surface area contributed by atoms with Gasteiger partial charge in [-0.3, -0.25) is 4.79 Å². The van der Waals surface area contributed by atoms with Gasteiger partial charge in [0.25, 0.3) is 0 Å². The molecule has 2 aromatic rings. The van der Waals surface area contributed by atoms with Gasteiger partial charge in [-0.2, -0.15) is 0 Å². The molecule has 20 heavy (non-hydrogen) atoms. The average Bonchev–Trinajstić information content (AvgIpc) is 2.49. The van der Waals surface area contributed by atoms with Crippen LogP contribution in [0.4, 0.5) is 0 Å². The second-order valence-electron chi connectivity index (χ2n) is 4.61. The van der Waals surface area contributed by atoms with E-state index in [4.69, 9.17) is 4.74 Å². The summed E-state index contributed by atoms with van der Waals surface area (Å²) >= 11 is 0. The van der Waals surface area contributed by atoms with Gasteiger partial charge in [0.15, 0.2) is 0 Å². The van der Waals surface area contributed by atoms with Gasteiger partial charge in [0.1, 0.15) is 18.3 Å². The van der Waals surface area contributed by atoms with Gasteiger partial charge in [-0.15, -0.1) is 0 Å². The molecule has 0 saturated carbocycles. The Kier molecular flexibility index (Phi) is 4.77. The molecule has 0 aliphatic carbocycles. The average molecular weight is 270 g/mol. The lowest BCUT2D eigenvalue weighted by molar-refractivity contribution is -0.139. The van der Waals surface area contributed by atoms with Gasteiger partial charge in [-0.25, -0.2) is 0 Å². The Morgan fingerprint density at radius 1 is 1.10 bits per heavy atom. The molecular formula is C17H18O3. The van der Waals surface area contributed by atoms with Gasteiger partial charge >= 0.3 is 5.97 Å². The highest BCUT2D eigenvalue weighted by Gasteiger charge is 2.20. The van der Waals surface area contributed by atoms with Crippen LogP contribution in [0.25, 0.3) is 0 Å². The number of rotatable bonds is 6. The second kappa shape index (κ2) is 6.75. The highest BCUT2D eigenvalue weighted by Crippen LogP contribution is 2.19. The number of carboxylic acid groups (broad SMARTS) is 1. The molecule has 0 radical (unpaired) electrons. The maximum absolute atomic E-state index is 11.3. The lowest BCUT2D eigenvalue weighted by Gasteiger charge is -2.14. The Morgan fingerprint density at radius 3 is 2.30 bits per heavy atom. The lowest BCUT2D eigenvalue weighted by atomic mass is 10.0. The number of carbonyl (C=O) groups is 1. The molecular weight excluding hydrogens is 252 g/mol. The third kappa shape index (κ3) is 3.60. The van der Waals surface area contributed by atoms with Crippen LogP contribution in [0.3, 0.4) is 0 Å². The summed E-state index contributed by atoms with van der Waals surface area (Å²) in [4.78, 5) is 11.3. The van der Waals surface area contributed by atoms with Crippen molar-refractivity contribution in [1.82, 2.24) is 0 Å². The standard InChI is InChI=1S/C17H18O3/c1-2-13-8-10-15(11-9-13)20-12-16(17(18)19)14-6-4-3-5-7-14/h3-11,16H,2,12H2,1H3,(H,18,19). The van der Waals surface area contributed by atoms with Crippen LogP contribution in [-0.2, 0) is 11.2 Å².